The molecule has 0 spiro atoms. The van der Waals surface area contributed by atoms with E-state index in [2.05, 4.69) is 20.5 Å². The average molecular weight is 484 g/mol. The van der Waals surface area contributed by atoms with Crippen LogP contribution in [0.5, 0.6) is 0 Å². The standard InChI is InChI=1S/C23H25N5O3S2/c24-21(30)16-6-3-9-28(13-16)12-15-5-1-2-7-18(15)26-20(29)11-17-14-33-23(25-17)27-22(31)19-8-4-10-32-19/h1-2,4-5,7-8,10,14,16H,3,6,9,11-13H2,(H2,24,30)(H,26,29)(H,25,27,31). The number of likely N-dealkylation sites (tertiary alicyclic amines) is 1. The molecule has 4 N–H and O–H groups in total. The third-order valence-electron chi connectivity index (χ3n) is 5.45. The molecule has 0 radical (unpaired) electrons. The molecule has 1 unspecified atom stereocenters. The van der Waals surface area contributed by atoms with Gasteiger partial charge in [-0.2, -0.15) is 0 Å². The lowest BCUT2D eigenvalue weighted by atomic mass is 9.97. The number of hydrogen-bond acceptors (Lipinski definition) is 7. The number of carbonyl (C=O) groups excluding carboxylic acids is 3. The van der Waals surface area contributed by atoms with E-state index >= 15 is 0 Å². The predicted molar refractivity (Wildman–Crippen MR) is 130 cm³/mol. The molecule has 3 aromatic rings. The summed E-state index contributed by atoms with van der Waals surface area (Å²) >= 11 is 2.65. The number of benzene rings is 1. The van der Waals surface area contributed by atoms with Crippen LogP contribution < -0.4 is 16.4 Å². The van der Waals surface area contributed by atoms with Gasteiger partial charge in [0.1, 0.15) is 0 Å². The Morgan fingerprint density at radius 1 is 1.12 bits per heavy atom. The molecule has 4 rings (SSSR count). The lowest BCUT2D eigenvalue weighted by molar-refractivity contribution is -0.123. The van der Waals surface area contributed by atoms with Crippen LogP contribution in [-0.4, -0.2) is 40.7 Å². The molecule has 1 atom stereocenters. The lowest BCUT2D eigenvalue weighted by Crippen LogP contribution is -2.40. The topological polar surface area (TPSA) is 117 Å². The molecule has 8 nitrogen and oxygen atoms in total. The fourth-order valence-corrected chi connectivity index (χ4v) is 5.15. The van der Waals surface area contributed by atoms with E-state index in [0.717, 1.165) is 30.6 Å². The van der Waals surface area contributed by atoms with E-state index in [-0.39, 0.29) is 30.1 Å². The Balaban J connectivity index is 1.34. The maximum absolute atomic E-state index is 12.7. The number of piperidine rings is 1. The normalized spacial score (nSPS) is 16.3. The number of thiophene rings is 1. The molecule has 3 heterocycles. The number of amides is 3. The largest absolute Gasteiger partial charge is 0.369 e. The minimum Gasteiger partial charge on any atom is -0.369 e. The van der Waals surface area contributed by atoms with Gasteiger partial charge in [-0.1, -0.05) is 24.3 Å². The number of hydrogen-bond donors (Lipinski definition) is 3. The third-order valence-corrected chi connectivity index (χ3v) is 7.13. The molecule has 1 aliphatic heterocycles. The number of nitrogens with one attached hydrogen (secondary N) is 2. The summed E-state index contributed by atoms with van der Waals surface area (Å²) < 4.78 is 0. The fourth-order valence-electron chi connectivity index (χ4n) is 3.82. The van der Waals surface area contributed by atoms with E-state index in [4.69, 9.17) is 5.73 Å². The predicted octanol–water partition coefficient (Wildman–Crippen LogP) is 3.34. The van der Waals surface area contributed by atoms with Crippen LogP contribution in [0.15, 0.2) is 47.2 Å². The highest BCUT2D eigenvalue weighted by atomic mass is 32.1. The quantitative estimate of drug-likeness (QED) is 0.454. The Kier molecular flexibility index (Phi) is 7.48. The molecule has 1 aromatic carbocycles. The van der Waals surface area contributed by atoms with Crippen LogP contribution in [0.4, 0.5) is 10.8 Å². The van der Waals surface area contributed by atoms with Crippen molar-refractivity contribution in [1.82, 2.24) is 9.88 Å². The van der Waals surface area contributed by atoms with E-state index in [0.29, 0.717) is 28.8 Å². The molecule has 1 fully saturated rings. The zero-order valence-corrected chi connectivity index (χ0v) is 19.6. The van der Waals surface area contributed by atoms with E-state index in [9.17, 15) is 14.4 Å². The van der Waals surface area contributed by atoms with Crippen LogP contribution in [-0.2, 0) is 22.6 Å². The summed E-state index contributed by atoms with van der Waals surface area (Å²) in [5.74, 6) is -0.770. The first-order valence-corrected chi connectivity index (χ1v) is 12.4. The summed E-state index contributed by atoms with van der Waals surface area (Å²) in [6, 6.07) is 11.2. The van der Waals surface area contributed by atoms with Crippen LogP contribution in [0.3, 0.4) is 0 Å². The zero-order chi connectivity index (χ0) is 23.2. The Morgan fingerprint density at radius 3 is 2.76 bits per heavy atom. The molecule has 172 valence electrons. The number of nitrogens with zero attached hydrogens (tertiary/aromatic N) is 2. The fraction of sp³-hybridized carbons (Fsp3) is 0.304. The second-order valence-corrected chi connectivity index (χ2v) is 9.74. The SMILES string of the molecule is NC(=O)C1CCCN(Cc2ccccc2NC(=O)Cc2csc(NC(=O)c3cccs3)n2)C1. The number of primary amides is 1. The molecule has 33 heavy (non-hydrogen) atoms. The second-order valence-electron chi connectivity index (χ2n) is 7.93. The van der Waals surface area contributed by atoms with Crippen LogP contribution in [0, 0.1) is 5.92 Å². The van der Waals surface area contributed by atoms with Crippen molar-refractivity contribution in [3.8, 4) is 0 Å². The van der Waals surface area contributed by atoms with Gasteiger partial charge < -0.3 is 11.1 Å². The minimum atomic E-state index is -0.254. The molecular formula is C23H25N5O3S2. The van der Waals surface area contributed by atoms with Crippen molar-refractivity contribution < 1.29 is 14.4 Å². The van der Waals surface area contributed by atoms with Crippen molar-refractivity contribution in [3.63, 3.8) is 0 Å². The Labute approximate surface area is 199 Å². The van der Waals surface area contributed by atoms with Crippen LogP contribution in [0.25, 0.3) is 0 Å². The number of carbonyl (C=O) groups is 3. The highest BCUT2D eigenvalue weighted by molar-refractivity contribution is 7.14. The number of nitrogens with two attached hydrogens (primary N) is 1. The van der Waals surface area contributed by atoms with Gasteiger partial charge in [-0.05, 0) is 42.5 Å². The van der Waals surface area contributed by atoms with Gasteiger partial charge in [0.25, 0.3) is 5.91 Å². The van der Waals surface area contributed by atoms with Crippen LogP contribution >= 0.6 is 22.7 Å². The summed E-state index contributed by atoms with van der Waals surface area (Å²) in [6.45, 7) is 2.16. The van der Waals surface area contributed by atoms with Gasteiger partial charge in [0.05, 0.1) is 22.9 Å². The van der Waals surface area contributed by atoms with E-state index in [1.807, 2.05) is 35.7 Å². The zero-order valence-electron chi connectivity index (χ0n) is 18.0. The molecule has 0 saturated carbocycles. The van der Waals surface area contributed by atoms with Crippen LogP contribution in [0.1, 0.15) is 33.8 Å². The van der Waals surface area contributed by atoms with Crippen molar-refractivity contribution in [2.75, 3.05) is 23.7 Å². The number of rotatable bonds is 8. The molecule has 1 saturated heterocycles. The Hall–Kier alpha value is -3.08. The summed E-state index contributed by atoms with van der Waals surface area (Å²) in [4.78, 5) is 43.6. The number of thiazole rings is 1. The summed E-state index contributed by atoms with van der Waals surface area (Å²) in [7, 11) is 0. The van der Waals surface area contributed by atoms with Gasteiger partial charge >= 0.3 is 0 Å². The Bertz CT molecular complexity index is 1130. The molecule has 0 bridgehead atoms. The maximum Gasteiger partial charge on any atom is 0.267 e. The summed E-state index contributed by atoms with van der Waals surface area (Å²) in [5.41, 5.74) is 7.81. The molecule has 10 heteroatoms. The smallest absolute Gasteiger partial charge is 0.267 e. The van der Waals surface area contributed by atoms with E-state index in [1.165, 1.54) is 22.7 Å². The van der Waals surface area contributed by atoms with Crippen molar-refractivity contribution in [2.24, 2.45) is 11.7 Å². The van der Waals surface area contributed by atoms with Gasteiger partial charge in [-0.25, -0.2) is 4.98 Å². The van der Waals surface area contributed by atoms with Gasteiger partial charge in [-0.3, -0.25) is 24.6 Å². The first-order chi connectivity index (χ1) is 16.0. The molecular weight excluding hydrogens is 458 g/mol. The first-order valence-electron chi connectivity index (χ1n) is 10.7. The minimum absolute atomic E-state index is 0.104. The molecule has 2 aromatic heterocycles. The monoisotopic (exact) mass is 483 g/mol. The lowest BCUT2D eigenvalue weighted by Gasteiger charge is -2.31. The van der Waals surface area contributed by atoms with Crippen molar-refractivity contribution in [3.05, 3.63) is 63.3 Å². The molecule has 3 amide bonds. The average Bonchev–Trinajstić information content (AvgIpc) is 3.48. The van der Waals surface area contributed by atoms with Gasteiger partial charge in [-0.15, -0.1) is 22.7 Å². The van der Waals surface area contributed by atoms with Crippen molar-refractivity contribution in [2.45, 2.75) is 25.8 Å². The van der Waals surface area contributed by atoms with Crippen molar-refractivity contribution >= 4 is 51.2 Å². The maximum atomic E-state index is 12.7. The van der Waals surface area contributed by atoms with Crippen LogP contribution in [0.2, 0.25) is 0 Å². The van der Waals surface area contributed by atoms with Gasteiger partial charge in [0.15, 0.2) is 5.13 Å². The molecule has 0 aliphatic carbocycles. The number of para-hydroxylation sites is 1. The van der Waals surface area contributed by atoms with E-state index in [1.54, 1.807) is 11.4 Å². The number of aromatic nitrogens is 1. The van der Waals surface area contributed by atoms with Gasteiger partial charge in [0, 0.05) is 24.2 Å². The summed E-state index contributed by atoms with van der Waals surface area (Å²) in [6.07, 6.45) is 1.86. The third kappa shape index (κ3) is 6.25. The molecule has 1 aliphatic rings. The number of anilines is 2. The van der Waals surface area contributed by atoms with E-state index < -0.39 is 0 Å². The second kappa shape index (κ2) is 10.7. The Morgan fingerprint density at radius 2 is 1.97 bits per heavy atom. The van der Waals surface area contributed by atoms with Crippen molar-refractivity contribution in [1.29, 1.82) is 0 Å². The summed E-state index contributed by atoms with van der Waals surface area (Å²) in [5, 5.41) is 9.81. The first kappa shape index (κ1) is 23.1. The highest BCUT2D eigenvalue weighted by Crippen LogP contribution is 2.23. The highest BCUT2D eigenvalue weighted by Gasteiger charge is 2.24. The van der Waals surface area contributed by atoms with Gasteiger partial charge in [0.2, 0.25) is 11.8 Å².